The summed E-state index contributed by atoms with van der Waals surface area (Å²) < 4.78 is 18.9. The molecule has 0 aliphatic carbocycles. The minimum absolute atomic E-state index is 0.0158. The number of carbonyl (C=O) groups is 1. The number of carbonyl (C=O) groups excluding carboxylic acids is 1. The number of nitrogens with zero attached hydrogens (tertiary/aromatic N) is 4. The number of anilines is 2. The van der Waals surface area contributed by atoms with Gasteiger partial charge in [-0.05, 0) is 24.3 Å². The van der Waals surface area contributed by atoms with E-state index in [0.717, 1.165) is 0 Å². The summed E-state index contributed by atoms with van der Waals surface area (Å²) in [5, 5.41) is 17.9. The molecule has 4 rings (SSSR count). The second-order valence-electron chi connectivity index (χ2n) is 6.96. The molecule has 0 atom stereocenters. The lowest BCUT2D eigenvalue weighted by Gasteiger charge is -2.11. The molecule has 0 saturated heterocycles. The molecule has 0 saturated carbocycles. The average molecular weight is 458 g/mol. The van der Waals surface area contributed by atoms with E-state index in [1.165, 1.54) is 30.8 Å². The van der Waals surface area contributed by atoms with Crippen molar-refractivity contribution < 1.29 is 13.7 Å². The summed E-state index contributed by atoms with van der Waals surface area (Å²) in [5.41, 5.74) is 7.53. The Bertz CT molecular complexity index is 1340. The van der Waals surface area contributed by atoms with Gasteiger partial charge in [-0.25, -0.2) is 14.4 Å². The highest BCUT2D eigenvalue weighted by Gasteiger charge is 2.14. The first-order valence-electron chi connectivity index (χ1n) is 10.0. The zero-order chi connectivity index (χ0) is 23.9. The quantitative estimate of drug-likeness (QED) is 0.294. The second-order valence-corrected chi connectivity index (χ2v) is 6.96. The first kappa shape index (κ1) is 22.3. The fourth-order valence-electron chi connectivity index (χ4n) is 2.91. The molecule has 0 aliphatic heterocycles. The number of nitrogen functional groups attached to an aromatic ring is 1. The maximum absolute atomic E-state index is 14.0. The van der Waals surface area contributed by atoms with Crippen molar-refractivity contribution in [2.24, 2.45) is 0 Å². The molecule has 3 aromatic heterocycles. The smallest absolute Gasteiger partial charge is 0.274 e. The van der Waals surface area contributed by atoms with Crippen molar-refractivity contribution in [3.8, 4) is 0 Å². The highest BCUT2D eigenvalue weighted by molar-refractivity contribution is 6.08. The molecule has 1 amide bonds. The zero-order valence-electron chi connectivity index (χ0n) is 17.7. The van der Waals surface area contributed by atoms with E-state index < -0.39 is 5.91 Å². The van der Waals surface area contributed by atoms with Gasteiger partial charge in [-0.2, -0.15) is 0 Å². The van der Waals surface area contributed by atoms with E-state index in [2.05, 4.69) is 30.7 Å². The number of nitrogens with two attached hydrogens (primary N) is 1. The Labute approximate surface area is 193 Å². The van der Waals surface area contributed by atoms with Gasteiger partial charge in [0.1, 0.15) is 34.9 Å². The molecule has 10 nitrogen and oxygen atoms in total. The summed E-state index contributed by atoms with van der Waals surface area (Å²) in [5.74, 6) is -0.829. The number of allylic oxidation sites excluding steroid dienone is 1. The number of nitrogens with one attached hydrogen (secondary N) is 3. The van der Waals surface area contributed by atoms with Gasteiger partial charge in [-0.1, -0.05) is 29.4 Å². The first-order chi connectivity index (χ1) is 16.5. The Kier molecular flexibility index (Phi) is 6.63. The summed E-state index contributed by atoms with van der Waals surface area (Å²) >= 11 is 0. The predicted octanol–water partition coefficient (Wildman–Crippen LogP) is 3.03. The van der Waals surface area contributed by atoms with Crippen LogP contribution in [0.1, 0.15) is 27.6 Å². The van der Waals surface area contributed by atoms with Crippen molar-refractivity contribution in [3.05, 3.63) is 102 Å². The van der Waals surface area contributed by atoms with Gasteiger partial charge in [0.05, 0.1) is 11.9 Å². The van der Waals surface area contributed by atoms with Gasteiger partial charge in [-0.15, -0.1) is 0 Å². The molecule has 0 aliphatic rings. The van der Waals surface area contributed by atoms with Crippen LogP contribution in [-0.2, 0) is 6.54 Å². The minimum atomic E-state index is -0.468. The van der Waals surface area contributed by atoms with Gasteiger partial charge in [0.2, 0.25) is 0 Å². The lowest BCUT2D eigenvalue weighted by molar-refractivity contribution is 0.102. The van der Waals surface area contributed by atoms with Crippen LogP contribution in [0.4, 0.5) is 15.9 Å². The first-order valence-corrected chi connectivity index (χ1v) is 10.0. The van der Waals surface area contributed by atoms with E-state index in [9.17, 15) is 9.18 Å². The van der Waals surface area contributed by atoms with Crippen LogP contribution in [0, 0.1) is 11.2 Å². The van der Waals surface area contributed by atoms with Gasteiger partial charge < -0.3 is 20.9 Å². The predicted molar refractivity (Wildman–Crippen MR) is 123 cm³/mol. The molecular formula is C23H19FN8O2. The third-order valence-corrected chi connectivity index (χ3v) is 4.63. The van der Waals surface area contributed by atoms with Gasteiger partial charge in [0.25, 0.3) is 5.91 Å². The maximum atomic E-state index is 14.0. The third-order valence-electron chi connectivity index (χ3n) is 4.63. The van der Waals surface area contributed by atoms with Gasteiger partial charge in [0.15, 0.2) is 11.6 Å². The number of benzene rings is 1. The molecule has 170 valence electrons. The second kappa shape index (κ2) is 10.1. The number of halogens is 1. The van der Waals surface area contributed by atoms with Crippen LogP contribution in [-0.4, -0.2) is 31.7 Å². The van der Waals surface area contributed by atoms with Crippen LogP contribution in [0.2, 0.25) is 0 Å². The number of pyridine rings is 1. The van der Waals surface area contributed by atoms with Crippen LogP contribution in [0.15, 0.2) is 77.8 Å². The van der Waals surface area contributed by atoms with Crippen LogP contribution >= 0.6 is 0 Å². The molecule has 4 aromatic rings. The topological polar surface area (TPSA) is 156 Å². The monoisotopic (exact) mass is 458 g/mol. The Morgan fingerprint density at radius 2 is 1.94 bits per heavy atom. The third kappa shape index (κ3) is 5.27. The number of amides is 1. The Balaban J connectivity index is 1.52. The van der Waals surface area contributed by atoms with Crippen molar-refractivity contribution in [2.45, 2.75) is 6.54 Å². The highest BCUT2D eigenvalue weighted by atomic mass is 19.1. The molecule has 5 N–H and O–H groups in total. The largest absolute Gasteiger partial charge is 0.382 e. The molecular weight excluding hydrogens is 439 g/mol. The maximum Gasteiger partial charge on any atom is 0.274 e. The van der Waals surface area contributed by atoms with Gasteiger partial charge in [-0.3, -0.25) is 15.2 Å². The summed E-state index contributed by atoms with van der Waals surface area (Å²) in [4.78, 5) is 24.5. The van der Waals surface area contributed by atoms with E-state index in [1.54, 1.807) is 42.5 Å². The van der Waals surface area contributed by atoms with Crippen LogP contribution in [0.25, 0.3) is 5.70 Å². The Morgan fingerprint density at radius 1 is 1.12 bits per heavy atom. The van der Waals surface area contributed by atoms with Crippen molar-refractivity contribution in [2.75, 3.05) is 11.1 Å². The summed E-state index contributed by atoms with van der Waals surface area (Å²) in [6.45, 7) is 0.153. The van der Waals surface area contributed by atoms with E-state index in [0.29, 0.717) is 17.0 Å². The number of hydrogen-bond acceptors (Lipinski definition) is 9. The fraction of sp³-hybridized carbons (Fsp3) is 0.0435. The van der Waals surface area contributed by atoms with Crippen molar-refractivity contribution in [1.82, 2.24) is 25.4 Å². The van der Waals surface area contributed by atoms with E-state index in [1.807, 2.05) is 0 Å². The summed E-state index contributed by atoms with van der Waals surface area (Å²) in [6, 6.07) is 12.9. The minimum Gasteiger partial charge on any atom is -0.382 e. The van der Waals surface area contributed by atoms with E-state index in [-0.39, 0.29) is 41.1 Å². The molecule has 0 unspecified atom stereocenters. The molecule has 34 heavy (non-hydrogen) atoms. The fourth-order valence-corrected chi connectivity index (χ4v) is 2.91. The highest BCUT2D eigenvalue weighted by Crippen LogP contribution is 2.17. The van der Waals surface area contributed by atoms with Crippen molar-refractivity contribution in [1.29, 1.82) is 5.41 Å². The Hall–Kier alpha value is -4.93. The van der Waals surface area contributed by atoms with Crippen LogP contribution in [0.5, 0.6) is 0 Å². The summed E-state index contributed by atoms with van der Waals surface area (Å²) in [7, 11) is 0. The number of aromatic nitrogens is 4. The molecule has 0 bridgehead atoms. The van der Waals surface area contributed by atoms with Crippen LogP contribution in [0.3, 0.4) is 0 Å². The number of hydrogen-bond donors (Lipinski definition) is 4. The van der Waals surface area contributed by atoms with E-state index in [4.69, 9.17) is 15.7 Å². The lowest BCUT2D eigenvalue weighted by atomic mass is 10.2. The zero-order valence-corrected chi connectivity index (χ0v) is 17.7. The SMILES string of the molecule is N=C(/C=C(\NCc1ccccc1F)c1ccon1)c1ncc(NC(=O)c2ccccn2)c(N)n1. The molecule has 3 heterocycles. The molecule has 0 fully saturated rings. The molecule has 1 aromatic carbocycles. The van der Waals surface area contributed by atoms with Gasteiger partial charge >= 0.3 is 0 Å². The average Bonchev–Trinajstić information content (AvgIpc) is 3.39. The molecule has 0 radical (unpaired) electrons. The van der Waals surface area contributed by atoms with Crippen molar-refractivity contribution >= 4 is 28.8 Å². The normalized spacial score (nSPS) is 11.1. The lowest BCUT2D eigenvalue weighted by Crippen LogP contribution is -2.17. The number of rotatable bonds is 8. The van der Waals surface area contributed by atoms with Crippen LogP contribution < -0.4 is 16.4 Å². The van der Waals surface area contributed by atoms with Gasteiger partial charge in [0, 0.05) is 24.4 Å². The van der Waals surface area contributed by atoms with Crippen molar-refractivity contribution in [3.63, 3.8) is 0 Å². The summed E-state index contributed by atoms with van der Waals surface area (Å²) in [6.07, 6.45) is 5.62. The molecule has 11 heteroatoms. The standard InChI is InChI=1S/C23H19FN8O2/c24-15-6-2-1-5-14(15)12-28-19(17-8-10-34-32-17)11-16(25)22-29-13-20(21(26)31-22)30-23(33)18-7-3-4-9-27-18/h1-11,13,25,28H,12H2,(H,30,33)(H2,26,29,31)/b19-11-,25-16?. The molecule has 0 spiro atoms. The Morgan fingerprint density at radius 3 is 2.65 bits per heavy atom. The van der Waals surface area contributed by atoms with E-state index >= 15 is 0 Å².